The van der Waals surface area contributed by atoms with Gasteiger partial charge in [-0.1, -0.05) is 6.08 Å². The molecule has 28 heavy (non-hydrogen) atoms. The molecule has 0 aromatic carbocycles. The minimum atomic E-state index is -4.26. The first-order chi connectivity index (χ1) is 12.5. The van der Waals surface area contributed by atoms with Crippen molar-refractivity contribution in [2.75, 3.05) is 6.61 Å². The molecule has 170 valence electrons. The van der Waals surface area contributed by atoms with Gasteiger partial charge in [0.25, 0.3) is 0 Å². The summed E-state index contributed by atoms with van der Waals surface area (Å²) in [6, 6.07) is 0. The Morgan fingerprint density at radius 3 is 1.21 bits per heavy atom. The van der Waals surface area contributed by atoms with Crippen molar-refractivity contribution >= 4 is 10.4 Å². The van der Waals surface area contributed by atoms with E-state index < -0.39 is 45.9 Å². The lowest BCUT2D eigenvalue weighted by Crippen LogP contribution is -2.69. The van der Waals surface area contributed by atoms with Gasteiger partial charge in [-0.3, -0.25) is 4.55 Å². The van der Waals surface area contributed by atoms with E-state index >= 15 is 0 Å². The van der Waals surface area contributed by atoms with Crippen LogP contribution < -0.4 is 11.5 Å². The van der Waals surface area contributed by atoms with E-state index in [0.717, 1.165) is 0 Å². The summed E-state index contributed by atoms with van der Waals surface area (Å²) in [6.07, 6.45) is -0.791. The van der Waals surface area contributed by atoms with Crippen molar-refractivity contribution in [1.82, 2.24) is 0 Å². The molecule has 0 saturated heterocycles. The number of nitrogens with two attached hydrogens (primary N) is 2. The van der Waals surface area contributed by atoms with E-state index in [4.69, 9.17) is 16.0 Å². The van der Waals surface area contributed by atoms with Gasteiger partial charge in [-0.05, 0) is 53.4 Å². The SMILES string of the molecule is C=CCOS(=O)(=O)O.CC(O)CC(N)(CC(C)O)C(N)(CC(C)O)CC(C)O. The Balaban J connectivity index is 0. The van der Waals surface area contributed by atoms with Gasteiger partial charge in [-0.25, -0.2) is 4.18 Å². The van der Waals surface area contributed by atoms with Gasteiger partial charge < -0.3 is 31.9 Å². The summed E-state index contributed by atoms with van der Waals surface area (Å²) in [5.74, 6) is 0. The molecular weight excluding hydrogens is 392 g/mol. The lowest BCUT2D eigenvalue weighted by atomic mass is 9.66. The minimum absolute atomic E-state index is 0.188. The Bertz CT molecular complexity index is 487. The highest BCUT2D eigenvalue weighted by molar-refractivity contribution is 7.80. The number of rotatable bonds is 12. The molecule has 0 aliphatic heterocycles. The van der Waals surface area contributed by atoms with E-state index in [9.17, 15) is 28.8 Å². The zero-order valence-corrected chi connectivity index (χ0v) is 18.0. The van der Waals surface area contributed by atoms with Crippen LogP contribution in [0.3, 0.4) is 0 Å². The monoisotopic (exact) mass is 430 g/mol. The number of aliphatic hydroxyl groups is 4. The molecule has 0 fully saturated rings. The van der Waals surface area contributed by atoms with Gasteiger partial charge in [-0.15, -0.1) is 6.58 Å². The minimum Gasteiger partial charge on any atom is -0.393 e. The summed E-state index contributed by atoms with van der Waals surface area (Å²) in [7, 11) is -4.26. The summed E-state index contributed by atoms with van der Waals surface area (Å²) in [5, 5.41) is 38.8. The molecule has 0 aliphatic rings. The number of aliphatic hydroxyl groups excluding tert-OH is 4. The Morgan fingerprint density at radius 1 is 0.857 bits per heavy atom. The van der Waals surface area contributed by atoms with Crippen molar-refractivity contribution in [2.45, 2.75) is 88.9 Å². The van der Waals surface area contributed by atoms with Gasteiger partial charge >= 0.3 is 10.4 Å². The lowest BCUT2D eigenvalue weighted by Gasteiger charge is -2.49. The second-order valence-corrected chi connectivity index (χ2v) is 8.62. The van der Waals surface area contributed by atoms with E-state index in [-0.39, 0.29) is 32.3 Å². The summed E-state index contributed by atoms with van der Waals surface area (Å²) >= 11 is 0. The van der Waals surface area contributed by atoms with E-state index in [1.165, 1.54) is 6.08 Å². The van der Waals surface area contributed by atoms with Gasteiger partial charge in [0.05, 0.1) is 31.0 Å². The maximum atomic E-state index is 9.69. The molecule has 0 bridgehead atoms. The molecule has 0 aliphatic carbocycles. The molecule has 9 N–H and O–H groups in total. The van der Waals surface area contributed by atoms with Crippen LogP contribution in [0.2, 0.25) is 0 Å². The fourth-order valence-electron chi connectivity index (χ4n) is 3.22. The van der Waals surface area contributed by atoms with Gasteiger partial charge in [0.2, 0.25) is 0 Å². The van der Waals surface area contributed by atoms with Crippen LogP contribution in [0.5, 0.6) is 0 Å². The quantitative estimate of drug-likeness (QED) is 0.156. The average molecular weight is 431 g/mol. The van der Waals surface area contributed by atoms with E-state index in [1.807, 2.05) is 0 Å². The average Bonchev–Trinajstić information content (AvgIpc) is 2.41. The molecule has 0 rings (SSSR count). The topological polar surface area (TPSA) is 197 Å². The van der Waals surface area contributed by atoms with Gasteiger partial charge in [0.15, 0.2) is 0 Å². The van der Waals surface area contributed by atoms with Gasteiger partial charge in [0, 0.05) is 11.1 Å². The molecule has 0 aromatic rings. The smallest absolute Gasteiger partial charge is 0.393 e. The Hall–Kier alpha value is -0.630. The van der Waals surface area contributed by atoms with Crippen LogP contribution in [-0.4, -0.2) is 75.5 Å². The van der Waals surface area contributed by atoms with Crippen molar-refractivity contribution < 1.29 is 37.6 Å². The third-order valence-corrected chi connectivity index (χ3v) is 4.40. The second kappa shape index (κ2) is 12.8. The fourth-order valence-corrected chi connectivity index (χ4v) is 3.49. The van der Waals surface area contributed by atoms with Crippen LogP contribution >= 0.6 is 0 Å². The highest BCUT2D eigenvalue weighted by Gasteiger charge is 2.48. The van der Waals surface area contributed by atoms with Crippen molar-refractivity contribution in [3.63, 3.8) is 0 Å². The van der Waals surface area contributed by atoms with Crippen LogP contribution in [-0.2, 0) is 14.6 Å². The van der Waals surface area contributed by atoms with Crippen LogP contribution in [0.1, 0.15) is 53.4 Å². The van der Waals surface area contributed by atoms with Crippen molar-refractivity contribution in [3.05, 3.63) is 12.7 Å². The maximum absolute atomic E-state index is 9.69. The first kappa shape index (κ1) is 29.6. The largest absolute Gasteiger partial charge is 0.397 e. The first-order valence-corrected chi connectivity index (χ1v) is 10.4. The van der Waals surface area contributed by atoms with Crippen LogP contribution in [0.4, 0.5) is 0 Å². The fraction of sp³-hybridized carbons (Fsp3) is 0.882. The molecule has 0 amide bonds. The van der Waals surface area contributed by atoms with Crippen molar-refractivity contribution in [3.8, 4) is 0 Å². The van der Waals surface area contributed by atoms with Crippen LogP contribution in [0, 0.1) is 0 Å². The summed E-state index contributed by atoms with van der Waals surface area (Å²) in [4.78, 5) is 0. The maximum Gasteiger partial charge on any atom is 0.397 e. The summed E-state index contributed by atoms with van der Waals surface area (Å²) < 4.78 is 31.0. The predicted molar refractivity (Wildman–Crippen MR) is 107 cm³/mol. The van der Waals surface area contributed by atoms with Crippen LogP contribution in [0.25, 0.3) is 0 Å². The van der Waals surface area contributed by atoms with Crippen molar-refractivity contribution in [1.29, 1.82) is 0 Å². The number of hydrogen-bond acceptors (Lipinski definition) is 9. The predicted octanol–water partition coefficient (Wildman–Crippen LogP) is -0.543. The zero-order chi connectivity index (χ0) is 22.8. The van der Waals surface area contributed by atoms with Crippen molar-refractivity contribution in [2.24, 2.45) is 11.5 Å². The lowest BCUT2D eigenvalue weighted by molar-refractivity contribution is 0.0133. The summed E-state index contributed by atoms with van der Waals surface area (Å²) in [6.45, 7) is 9.39. The summed E-state index contributed by atoms with van der Waals surface area (Å²) in [5.41, 5.74) is 10.7. The number of hydrogen-bond donors (Lipinski definition) is 7. The molecule has 4 atom stereocenters. The normalized spacial score (nSPS) is 20.5. The highest BCUT2D eigenvalue weighted by atomic mass is 32.3. The molecule has 10 nitrogen and oxygen atoms in total. The molecule has 0 radical (unpaired) electrons. The van der Waals surface area contributed by atoms with Gasteiger partial charge in [-0.2, -0.15) is 8.42 Å². The zero-order valence-electron chi connectivity index (χ0n) is 17.2. The molecule has 0 saturated carbocycles. The molecule has 0 heterocycles. The Morgan fingerprint density at radius 2 is 1.11 bits per heavy atom. The van der Waals surface area contributed by atoms with Crippen LogP contribution in [0.15, 0.2) is 12.7 Å². The molecule has 11 heteroatoms. The molecular formula is C17H38N2O8S. The molecule has 0 spiro atoms. The standard InChI is InChI=1S/C14H32N2O4.C3H6O4S/c1-9(17)5-13(15,6-10(2)18)14(16,7-11(3)19)8-12(4)20;1-2-3-7-8(4,5)6/h9-12,17-20H,5-8,15-16H2,1-4H3;2H,1,3H2,(H,4,5,6). The highest BCUT2D eigenvalue weighted by Crippen LogP contribution is 2.35. The Kier molecular flexibility index (Phi) is 13.6. The van der Waals surface area contributed by atoms with Gasteiger partial charge in [0.1, 0.15) is 0 Å². The Labute approximate surface area is 168 Å². The first-order valence-electron chi connectivity index (χ1n) is 9.00. The van der Waals surface area contributed by atoms with E-state index in [2.05, 4.69) is 10.8 Å². The third-order valence-electron chi connectivity index (χ3n) is 3.97. The van der Waals surface area contributed by atoms with E-state index in [1.54, 1.807) is 27.7 Å². The second-order valence-electron chi connectivity index (χ2n) is 7.53. The molecule has 4 unspecified atom stereocenters. The molecule has 0 aromatic heterocycles. The third kappa shape index (κ3) is 13.5. The van der Waals surface area contributed by atoms with E-state index in [0.29, 0.717) is 0 Å².